The zero-order valence-electron chi connectivity index (χ0n) is 6.11. The van der Waals surface area contributed by atoms with Gasteiger partial charge in [0.2, 0.25) is 0 Å². The molecule has 0 heterocycles. The van der Waals surface area contributed by atoms with Gasteiger partial charge in [-0.25, -0.2) is 0 Å². The van der Waals surface area contributed by atoms with Crippen LogP contribution in [0.1, 0.15) is 19.3 Å². The molecule has 0 bridgehead atoms. The van der Waals surface area contributed by atoms with E-state index in [1.807, 2.05) is 6.42 Å². The molecule has 1 rings (SSSR count). The molecule has 0 unspecified atom stereocenters. The van der Waals surface area contributed by atoms with E-state index >= 15 is 0 Å². The molecule has 0 aromatic carbocycles. The number of allylic oxidation sites excluding steroid dienone is 2. The van der Waals surface area contributed by atoms with E-state index < -0.39 is 5.92 Å². The highest BCUT2D eigenvalue weighted by atomic mass is 19.3. The largest absolute Gasteiger partial charge is 0.329 e. The van der Waals surface area contributed by atoms with Gasteiger partial charge in [-0.05, 0) is 31.6 Å². The number of rotatable bonds is 1. The predicted molar refractivity (Wildman–Crippen MR) is 40.0 cm³/mol. The molecule has 1 radical (unpaired) electrons. The van der Waals surface area contributed by atoms with Crippen molar-refractivity contribution in [3.05, 3.63) is 18.1 Å². The quantitative estimate of drug-likeness (QED) is 0.403. The normalized spacial score (nSPS) is 18.8. The van der Waals surface area contributed by atoms with Crippen LogP contribution in [0.4, 0.5) is 8.78 Å². The molecule has 0 nitrogen and oxygen atoms in total. The highest BCUT2D eigenvalue weighted by Crippen LogP contribution is 2.30. The third kappa shape index (κ3) is 1.80. The fourth-order valence-corrected chi connectivity index (χ4v) is 1.08. The van der Waals surface area contributed by atoms with Crippen molar-refractivity contribution >= 4 is 0 Å². The summed E-state index contributed by atoms with van der Waals surface area (Å²) in [4.78, 5) is 0. The second-order valence-electron chi connectivity index (χ2n) is 2.51. The molecular weight excluding hydrogens is 146 g/mol. The Bertz CT molecular complexity index is 208. The van der Waals surface area contributed by atoms with E-state index in [-0.39, 0.29) is 5.57 Å². The maximum absolute atomic E-state index is 12.7. The molecule has 0 amide bonds. The Kier molecular flexibility index (Phi) is 2.28. The van der Waals surface area contributed by atoms with Crippen molar-refractivity contribution in [1.29, 1.82) is 0 Å². The molecule has 0 aromatic rings. The third-order valence-corrected chi connectivity index (χ3v) is 1.73. The van der Waals surface area contributed by atoms with E-state index in [1.165, 1.54) is 12.0 Å². The van der Waals surface area contributed by atoms with Crippen LogP contribution >= 0.6 is 0 Å². The molecule has 0 aromatic heterocycles. The lowest BCUT2D eigenvalue weighted by atomic mass is 9.95. The third-order valence-electron chi connectivity index (χ3n) is 1.73. The van der Waals surface area contributed by atoms with Gasteiger partial charge >= 0.3 is 5.92 Å². The number of hydrogen-bond acceptors (Lipinski definition) is 0. The standard InChI is InChI=1S/C9H9F2/c1-2-9(10,11)8-6-4-3-5-7-8/h1,3,6H,4-5,7H2. The first-order valence-electron chi connectivity index (χ1n) is 3.53. The van der Waals surface area contributed by atoms with Gasteiger partial charge in [0, 0.05) is 5.57 Å². The average Bonchev–Trinajstić information content (AvgIpc) is 2.06. The lowest BCUT2D eigenvalue weighted by Crippen LogP contribution is -2.18. The van der Waals surface area contributed by atoms with Crippen LogP contribution < -0.4 is 0 Å². The van der Waals surface area contributed by atoms with Crippen molar-refractivity contribution in [1.82, 2.24) is 0 Å². The Hall–Kier alpha value is -0.840. The Balaban J connectivity index is 2.74. The maximum atomic E-state index is 12.7. The molecule has 0 fully saturated rings. The Morgan fingerprint density at radius 2 is 2.27 bits per heavy atom. The van der Waals surface area contributed by atoms with E-state index in [2.05, 4.69) is 6.42 Å². The second-order valence-corrected chi connectivity index (χ2v) is 2.51. The Morgan fingerprint density at radius 1 is 1.55 bits per heavy atom. The maximum Gasteiger partial charge on any atom is 0.329 e. The fourth-order valence-electron chi connectivity index (χ4n) is 1.08. The molecule has 0 aliphatic heterocycles. The van der Waals surface area contributed by atoms with Crippen LogP contribution in [0.5, 0.6) is 0 Å². The lowest BCUT2D eigenvalue weighted by Gasteiger charge is -2.17. The van der Waals surface area contributed by atoms with Gasteiger partial charge in [0.15, 0.2) is 0 Å². The van der Waals surface area contributed by atoms with Crippen LogP contribution in [0, 0.1) is 18.8 Å². The van der Waals surface area contributed by atoms with Crippen molar-refractivity contribution in [2.24, 2.45) is 0 Å². The first-order chi connectivity index (χ1) is 5.17. The molecular formula is C9H9F2. The number of alkyl halides is 2. The number of terminal acetylenes is 1. The van der Waals surface area contributed by atoms with Gasteiger partial charge in [0.25, 0.3) is 0 Å². The molecule has 2 heteroatoms. The minimum atomic E-state index is -3.02. The van der Waals surface area contributed by atoms with E-state index in [9.17, 15) is 8.78 Å². The van der Waals surface area contributed by atoms with Crippen LogP contribution in [-0.2, 0) is 0 Å². The van der Waals surface area contributed by atoms with Gasteiger partial charge < -0.3 is 0 Å². The van der Waals surface area contributed by atoms with Crippen LogP contribution in [0.3, 0.4) is 0 Å². The number of hydrogen-bond donors (Lipinski definition) is 0. The fraction of sp³-hybridized carbons (Fsp3) is 0.444. The van der Waals surface area contributed by atoms with E-state index in [0.717, 1.165) is 0 Å². The summed E-state index contributed by atoms with van der Waals surface area (Å²) in [6.07, 6.45) is 9.90. The molecule has 59 valence electrons. The summed E-state index contributed by atoms with van der Waals surface area (Å²) >= 11 is 0. The molecule has 11 heavy (non-hydrogen) atoms. The van der Waals surface area contributed by atoms with Crippen molar-refractivity contribution in [3.8, 4) is 12.3 Å². The summed E-state index contributed by atoms with van der Waals surface area (Å²) in [7, 11) is 0. The topological polar surface area (TPSA) is 0 Å². The Labute approximate surface area is 65.3 Å². The van der Waals surface area contributed by atoms with Gasteiger partial charge in [-0.15, -0.1) is 6.42 Å². The molecule has 0 saturated heterocycles. The summed E-state index contributed by atoms with van der Waals surface area (Å²) < 4.78 is 25.4. The van der Waals surface area contributed by atoms with E-state index in [4.69, 9.17) is 0 Å². The first kappa shape index (κ1) is 8.26. The summed E-state index contributed by atoms with van der Waals surface area (Å²) in [5, 5.41) is 0. The molecule has 0 N–H and O–H groups in total. The van der Waals surface area contributed by atoms with Crippen molar-refractivity contribution in [2.45, 2.75) is 25.2 Å². The zero-order chi connectivity index (χ0) is 8.32. The zero-order valence-corrected chi connectivity index (χ0v) is 6.11. The van der Waals surface area contributed by atoms with Crippen molar-refractivity contribution in [3.63, 3.8) is 0 Å². The van der Waals surface area contributed by atoms with Gasteiger partial charge in [-0.1, -0.05) is 6.08 Å². The minimum Gasteiger partial charge on any atom is -0.187 e. The van der Waals surface area contributed by atoms with Gasteiger partial charge in [0.1, 0.15) is 0 Å². The van der Waals surface area contributed by atoms with Crippen molar-refractivity contribution < 1.29 is 8.78 Å². The van der Waals surface area contributed by atoms with Crippen LogP contribution in [0.15, 0.2) is 11.6 Å². The summed E-state index contributed by atoms with van der Waals surface area (Å²) in [5.74, 6) is -1.52. The van der Waals surface area contributed by atoms with Crippen LogP contribution in [0.2, 0.25) is 0 Å². The molecule has 0 atom stereocenters. The Morgan fingerprint density at radius 3 is 2.73 bits per heavy atom. The van der Waals surface area contributed by atoms with Crippen molar-refractivity contribution in [2.75, 3.05) is 0 Å². The summed E-state index contributed by atoms with van der Waals surface area (Å²) in [6.45, 7) is 0. The predicted octanol–water partition coefficient (Wildman–Crippen LogP) is 2.57. The van der Waals surface area contributed by atoms with Gasteiger partial charge in [-0.2, -0.15) is 8.78 Å². The van der Waals surface area contributed by atoms with E-state index in [1.54, 1.807) is 0 Å². The van der Waals surface area contributed by atoms with Gasteiger partial charge in [-0.3, -0.25) is 0 Å². The lowest BCUT2D eigenvalue weighted by molar-refractivity contribution is 0.103. The number of halogens is 2. The average molecular weight is 155 g/mol. The van der Waals surface area contributed by atoms with E-state index in [0.29, 0.717) is 19.3 Å². The first-order valence-corrected chi connectivity index (χ1v) is 3.53. The summed E-state index contributed by atoms with van der Waals surface area (Å²) in [5.41, 5.74) is 0.0995. The minimum absolute atomic E-state index is 0.0995. The molecule has 0 spiro atoms. The van der Waals surface area contributed by atoms with Gasteiger partial charge in [0.05, 0.1) is 0 Å². The molecule has 1 aliphatic carbocycles. The monoisotopic (exact) mass is 155 g/mol. The van der Waals surface area contributed by atoms with Crippen LogP contribution in [0.25, 0.3) is 0 Å². The molecule has 1 aliphatic rings. The highest BCUT2D eigenvalue weighted by molar-refractivity contribution is 5.26. The highest BCUT2D eigenvalue weighted by Gasteiger charge is 2.31. The van der Waals surface area contributed by atoms with Crippen LogP contribution in [-0.4, -0.2) is 5.92 Å². The molecule has 0 saturated carbocycles. The summed E-state index contributed by atoms with van der Waals surface area (Å²) in [6, 6.07) is 0. The SMILES string of the molecule is C#CC(F)(F)C1=CC[CH]CC1. The second kappa shape index (κ2) is 3.04. The smallest absolute Gasteiger partial charge is 0.187 e.